The van der Waals surface area contributed by atoms with Crippen LogP contribution in [0.4, 0.5) is 26.3 Å². The number of carbonyl (C=O) groups excluding carboxylic acids is 1. The number of alkyl halides is 6. The van der Waals surface area contributed by atoms with Crippen molar-refractivity contribution in [3.05, 3.63) is 53.6 Å². The number of rotatable bonds is 7. The van der Waals surface area contributed by atoms with E-state index in [-0.39, 0.29) is 23.5 Å². The summed E-state index contributed by atoms with van der Waals surface area (Å²) < 4.78 is 88.4. The van der Waals surface area contributed by atoms with Gasteiger partial charge < -0.3 is 24.1 Å². The highest BCUT2D eigenvalue weighted by atomic mass is 19.4. The van der Waals surface area contributed by atoms with E-state index in [4.69, 9.17) is 4.74 Å². The number of hydrogen-bond donors (Lipinski definition) is 1. The maximum absolute atomic E-state index is 11.9. The second kappa shape index (κ2) is 11.6. The number of hydrogen-bond acceptors (Lipinski definition) is 6. The molecule has 178 valence electrons. The Morgan fingerprint density at radius 1 is 0.938 bits per heavy atom. The minimum Gasteiger partial charge on any atom is -0.496 e. The first-order valence-corrected chi connectivity index (χ1v) is 8.75. The van der Waals surface area contributed by atoms with Crippen LogP contribution in [0.2, 0.25) is 0 Å². The van der Waals surface area contributed by atoms with Gasteiger partial charge in [-0.25, -0.2) is 0 Å². The molecule has 0 heterocycles. The number of benzene rings is 2. The molecule has 32 heavy (non-hydrogen) atoms. The molecule has 12 heteroatoms. The van der Waals surface area contributed by atoms with Gasteiger partial charge in [-0.1, -0.05) is 12.1 Å². The summed E-state index contributed by atoms with van der Waals surface area (Å²) in [6, 6.07) is 8.37. The summed E-state index contributed by atoms with van der Waals surface area (Å²) in [5.41, 5.74) is 0.354. The summed E-state index contributed by atoms with van der Waals surface area (Å²) in [6.45, 7) is 1.24. The first-order chi connectivity index (χ1) is 14.8. The van der Waals surface area contributed by atoms with E-state index in [0.717, 1.165) is 24.3 Å². The van der Waals surface area contributed by atoms with Gasteiger partial charge in [0.1, 0.15) is 23.9 Å². The zero-order valence-corrected chi connectivity index (χ0v) is 17.1. The van der Waals surface area contributed by atoms with E-state index in [1.807, 2.05) is 0 Å². The summed E-state index contributed by atoms with van der Waals surface area (Å²) in [4.78, 5) is 11.3. The number of ether oxygens (including phenoxy) is 4. The van der Waals surface area contributed by atoms with Crippen molar-refractivity contribution in [2.24, 2.45) is 0 Å². The van der Waals surface area contributed by atoms with Crippen LogP contribution in [0.1, 0.15) is 28.9 Å². The van der Waals surface area contributed by atoms with Crippen LogP contribution in [0.5, 0.6) is 17.2 Å². The molecule has 0 aromatic heterocycles. The van der Waals surface area contributed by atoms with E-state index < -0.39 is 30.4 Å². The Morgan fingerprint density at radius 3 is 1.97 bits per heavy atom. The van der Waals surface area contributed by atoms with E-state index in [1.54, 1.807) is 0 Å². The molecular weight excluding hydrogens is 450 g/mol. The number of carbonyl (C=O) groups is 1. The molecule has 0 fully saturated rings. The molecule has 0 bridgehead atoms. The lowest BCUT2D eigenvalue weighted by atomic mass is 10.1. The molecule has 0 aliphatic carbocycles. The molecule has 2 aromatic carbocycles. The van der Waals surface area contributed by atoms with Crippen LogP contribution >= 0.6 is 0 Å². The maximum atomic E-state index is 11.9. The van der Waals surface area contributed by atoms with Crippen LogP contribution in [0.15, 0.2) is 42.5 Å². The molecule has 2 aromatic rings. The van der Waals surface area contributed by atoms with Crippen LogP contribution in [-0.4, -0.2) is 44.4 Å². The van der Waals surface area contributed by atoms with Gasteiger partial charge in [0.05, 0.1) is 13.2 Å². The standard InChI is InChI=1S/C10H11F3O3.C10H9F3O3/c1-6(14)8-5-7(16-10(11,12)13)3-4-9(8)15-2;1-15-6-9(14)7-3-2-4-8(5-7)16-10(11,12)13/h3-6,14H,1-2H3;2-5H,6H2,1H3. The normalized spacial score (nSPS) is 12.3. The predicted molar refractivity (Wildman–Crippen MR) is 99.6 cm³/mol. The Morgan fingerprint density at radius 2 is 1.50 bits per heavy atom. The number of halogens is 6. The van der Waals surface area contributed by atoms with E-state index in [9.17, 15) is 36.2 Å². The van der Waals surface area contributed by atoms with Crippen molar-refractivity contribution in [3.8, 4) is 17.2 Å². The SMILES string of the molecule is COCC(=O)c1cccc(OC(F)(F)F)c1.COc1ccc(OC(F)(F)F)cc1C(C)O. The monoisotopic (exact) mass is 470 g/mol. The lowest BCUT2D eigenvalue weighted by molar-refractivity contribution is -0.275. The summed E-state index contributed by atoms with van der Waals surface area (Å²) in [7, 11) is 2.69. The van der Waals surface area contributed by atoms with E-state index >= 15 is 0 Å². The summed E-state index contributed by atoms with van der Waals surface area (Å²) in [5, 5.41) is 9.34. The second-order valence-corrected chi connectivity index (χ2v) is 6.06. The first-order valence-electron chi connectivity index (χ1n) is 8.75. The average molecular weight is 470 g/mol. The number of Topliss-reactive ketones (excluding diaryl/α,β-unsaturated/α-hetero) is 1. The van der Waals surface area contributed by atoms with Crippen LogP contribution in [0, 0.1) is 0 Å². The molecule has 0 saturated heterocycles. The fraction of sp³-hybridized carbons (Fsp3) is 0.350. The van der Waals surface area contributed by atoms with Crippen LogP contribution in [0.25, 0.3) is 0 Å². The topological polar surface area (TPSA) is 74.2 Å². The zero-order valence-electron chi connectivity index (χ0n) is 17.1. The van der Waals surface area contributed by atoms with Gasteiger partial charge in [-0.2, -0.15) is 0 Å². The quantitative estimate of drug-likeness (QED) is 0.451. The second-order valence-electron chi connectivity index (χ2n) is 6.06. The van der Waals surface area contributed by atoms with E-state index in [0.29, 0.717) is 5.75 Å². The van der Waals surface area contributed by atoms with Gasteiger partial charge in [0, 0.05) is 18.2 Å². The van der Waals surface area contributed by atoms with Gasteiger partial charge in [0.2, 0.25) is 0 Å². The maximum Gasteiger partial charge on any atom is 0.573 e. The van der Waals surface area contributed by atoms with Crippen molar-refractivity contribution in [2.45, 2.75) is 25.8 Å². The van der Waals surface area contributed by atoms with Crippen molar-refractivity contribution >= 4 is 5.78 Å². The van der Waals surface area contributed by atoms with Crippen LogP contribution in [-0.2, 0) is 4.74 Å². The lowest BCUT2D eigenvalue weighted by Gasteiger charge is -2.14. The third-order valence-corrected chi connectivity index (χ3v) is 3.55. The van der Waals surface area contributed by atoms with Crippen LogP contribution < -0.4 is 14.2 Å². The summed E-state index contributed by atoms with van der Waals surface area (Å²) in [5.74, 6) is -0.904. The molecular formula is C20H20F6O6. The average Bonchev–Trinajstić information content (AvgIpc) is 2.66. The molecule has 2 rings (SSSR count). The molecule has 0 amide bonds. The van der Waals surface area contributed by atoms with Gasteiger partial charge in [0.25, 0.3) is 0 Å². The molecule has 1 atom stereocenters. The summed E-state index contributed by atoms with van der Waals surface area (Å²) >= 11 is 0. The third-order valence-electron chi connectivity index (χ3n) is 3.55. The highest BCUT2D eigenvalue weighted by Gasteiger charge is 2.32. The van der Waals surface area contributed by atoms with Crippen molar-refractivity contribution in [2.75, 3.05) is 20.8 Å². The van der Waals surface area contributed by atoms with Crippen molar-refractivity contribution < 1.29 is 55.2 Å². The lowest BCUT2D eigenvalue weighted by Crippen LogP contribution is -2.17. The van der Waals surface area contributed by atoms with Gasteiger partial charge in [0.15, 0.2) is 5.78 Å². The molecule has 0 radical (unpaired) electrons. The molecule has 1 N–H and O–H groups in total. The van der Waals surface area contributed by atoms with Crippen LogP contribution in [0.3, 0.4) is 0 Å². The molecule has 1 unspecified atom stereocenters. The number of aliphatic hydroxyl groups is 1. The number of aliphatic hydroxyl groups excluding tert-OH is 1. The van der Waals surface area contributed by atoms with E-state index in [1.165, 1.54) is 39.3 Å². The van der Waals surface area contributed by atoms with Gasteiger partial charge in [-0.3, -0.25) is 4.79 Å². The summed E-state index contributed by atoms with van der Waals surface area (Å²) in [6.07, 6.45) is -10.4. The molecule has 6 nitrogen and oxygen atoms in total. The first kappa shape index (κ1) is 27.0. The minimum absolute atomic E-state index is 0.114. The van der Waals surface area contributed by atoms with Gasteiger partial charge >= 0.3 is 12.7 Å². The Bertz CT molecular complexity index is 880. The van der Waals surface area contributed by atoms with Gasteiger partial charge in [-0.15, -0.1) is 26.3 Å². The molecule has 0 aliphatic heterocycles. The van der Waals surface area contributed by atoms with E-state index in [2.05, 4.69) is 14.2 Å². The fourth-order valence-corrected chi connectivity index (χ4v) is 2.32. The Labute approximate surface area is 179 Å². The molecule has 0 aliphatic rings. The fourth-order valence-electron chi connectivity index (χ4n) is 2.32. The third kappa shape index (κ3) is 9.88. The molecule has 0 saturated carbocycles. The van der Waals surface area contributed by atoms with Crippen molar-refractivity contribution in [3.63, 3.8) is 0 Å². The highest BCUT2D eigenvalue weighted by Crippen LogP contribution is 2.31. The smallest absolute Gasteiger partial charge is 0.496 e. The van der Waals surface area contributed by atoms with Crippen molar-refractivity contribution in [1.82, 2.24) is 0 Å². The predicted octanol–water partition coefficient (Wildman–Crippen LogP) is 5.06. The highest BCUT2D eigenvalue weighted by molar-refractivity contribution is 5.97. The minimum atomic E-state index is -4.76. The van der Waals surface area contributed by atoms with Gasteiger partial charge in [-0.05, 0) is 37.3 Å². The zero-order chi connectivity index (χ0) is 24.5. The Balaban J connectivity index is 0.000000320. The largest absolute Gasteiger partial charge is 0.573 e. The molecule has 0 spiro atoms. The number of ketones is 1. The Hall–Kier alpha value is -2.99. The Kier molecular flexibility index (Phi) is 9.79. The van der Waals surface area contributed by atoms with Crippen molar-refractivity contribution in [1.29, 1.82) is 0 Å². The number of methoxy groups -OCH3 is 2.